The van der Waals surface area contributed by atoms with Gasteiger partial charge in [-0.15, -0.1) is 0 Å². The number of hydrogen-bond acceptors (Lipinski definition) is 3. The summed E-state index contributed by atoms with van der Waals surface area (Å²) < 4.78 is 0. The Kier molecular flexibility index (Phi) is 3.61. The predicted octanol–water partition coefficient (Wildman–Crippen LogP) is 0.0652. The molecule has 2 rings (SSSR count). The first kappa shape index (κ1) is 13.3. The SMILES string of the molecule is CN1CCN(C(=O)C2CCNCC2)C(C)(C)C1=O. The van der Waals surface area contributed by atoms with Crippen molar-refractivity contribution in [2.75, 3.05) is 33.2 Å². The van der Waals surface area contributed by atoms with Crippen LogP contribution >= 0.6 is 0 Å². The normalized spacial score (nSPS) is 25.4. The van der Waals surface area contributed by atoms with Crippen molar-refractivity contribution in [3.8, 4) is 0 Å². The van der Waals surface area contributed by atoms with Crippen molar-refractivity contribution >= 4 is 11.8 Å². The first-order chi connectivity index (χ1) is 8.44. The van der Waals surface area contributed by atoms with Crippen LogP contribution in [0.1, 0.15) is 26.7 Å². The zero-order valence-corrected chi connectivity index (χ0v) is 11.5. The molecule has 1 N–H and O–H groups in total. The van der Waals surface area contributed by atoms with Crippen molar-refractivity contribution in [2.24, 2.45) is 5.92 Å². The number of carbonyl (C=O) groups is 2. The summed E-state index contributed by atoms with van der Waals surface area (Å²) in [5, 5.41) is 3.26. The molecule has 5 heteroatoms. The zero-order valence-electron chi connectivity index (χ0n) is 11.5. The average molecular weight is 253 g/mol. The van der Waals surface area contributed by atoms with Crippen molar-refractivity contribution in [1.82, 2.24) is 15.1 Å². The van der Waals surface area contributed by atoms with E-state index in [1.54, 1.807) is 16.8 Å². The Labute approximate surface area is 108 Å². The van der Waals surface area contributed by atoms with E-state index < -0.39 is 5.54 Å². The highest BCUT2D eigenvalue weighted by atomic mass is 16.2. The molecule has 0 saturated carbocycles. The summed E-state index contributed by atoms with van der Waals surface area (Å²) in [6, 6.07) is 0. The molecule has 0 spiro atoms. The van der Waals surface area contributed by atoms with Crippen molar-refractivity contribution in [2.45, 2.75) is 32.2 Å². The largest absolute Gasteiger partial charge is 0.342 e. The maximum atomic E-state index is 12.5. The minimum Gasteiger partial charge on any atom is -0.342 e. The molecule has 2 saturated heterocycles. The van der Waals surface area contributed by atoms with E-state index in [1.807, 2.05) is 13.8 Å². The molecule has 0 aliphatic carbocycles. The second kappa shape index (κ2) is 4.88. The lowest BCUT2D eigenvalue weighted by atomic mass is 9.91. The summed E-state index contributed by atoms with van der Waals surface area (Å²) in [6.07, 6.45) is 1.77. The van der Waals surface area contributed by atoms with Crippen molar-refractivity contribution in [3.05, 3.63) is 0 Å². The van der Waals surface area contributed by atoms with Gasteiger partial charge in [0.15, 0.2) is 0 Å². The Balaban J connectivity index is 2.11. The third-order valence-electron chi connectivity index (χ3n) is 4.16. The number of nitrogens with one attached hydrogen (secondary N) is 1. The predicted molar refractivity (Wildman–Crippen MR) is 69.0 cm³/mol. The van der Waals surface area contributed by atoms with Gasteiger partial charge in [0, 0.05) is 26.1 Å². The molecule has 18 heavy (non-hydrogen) atoms. The molecule has 0 aromatic heterocycles. The molecular weight excluding hydrogens is 230 g/mol. The Morgan fingerprint density at radius 2 is 1.89 bits per heavy atom. The summed E-state index contributed by atoms with van der Waals surface area (Å²) in [5.41, 5.74) is -0.699. The molecule has 2 fully saturated rings. The van der Waals surface area contributed by atoms with Crippen LogP contribution in [-0.4, -0.2) is 60.4 Å². The van der Waals surface area contributed by atoms with Gasteiger partial charge in [0.1, 0.15) is 5.54 Å². The number of amides is 2. The second-order valence-electron chi connectivity index (χ2n) is 5.80. The monoisotopic (exact) mass is 253 g/mol. The van der Waals surface area contributed by atoms with Gasteiger partial charge in [0.25, 0.3) is 0 Å². The third kappa shape index (κ3) is 2.23. The van der Waals surface area contributed by atoms with Crippen molar-refractivity contribution in [1.29, 1.82) is 0 Å². The van der Waals surface area contributed by atoms with Gasteiger partial charge in [-0.25, -0.2) is 0 Å². The third-order valence-corrected chi connectivity index (χ3v) is 4.16. The highest BCUT2D eigenvalue weighted by Crippen LogP contribution is 2.26. The minimum atomic E-state index is -0.699. The number of carbonyl (C=O) groups excluding carboxylic acids is 2. The molecule has 2 aliphatic rings. The van der Waals surface area contributed by atoms with E-state index in [-0.39, 0.29) is 17.7 Å². The molecule has 5 nitrogen and oxygen atoms in total. The highest BCUT2D eigenvalue weighted by molar-refractivity contribution is 5.92. The van der Waals surface area contributed by atoms with Crippen molar-refractivity contribution in [3.63, 3.8) is 0 Å². The molecule has 0 radical (unpaired) electrons. The van der Waals surface area contributed by atoms with E-state index in [9.17, 15) is 9.59 Å². The smallest absolute Gasteiger partial charge is 0.247 e. The van der Waals surface area contributed by atoms with Crippen LogP contribution < -0.4 is 5.32 Å². The minimum absolute atomic E-state index is 0.0380. The Bertz CT molecular complexity index is 348. The van der Waals surface area contributed by atoms with E-state index in [4.69, 9.17) is 0 Å². The van der Waals surface area contributed by atoms with Crippen LogP contribution in [0.15, 0.2) is 0 Å². The van der Waals surface area contributed by atoms with E-state index in [2.05, 4.69) is 5.32 Å². The molecule has 0 aromatic rings. The van der Waals surface area contributed by atoms with Crippen LogP contribution in [0.25, 0.3) is 0 Å². The second-order valence-corrected chi connectivity index (χ2v) is 5.80. The number of nitrogens with zero attached hydrogens (tertiary/aromatic N) is 2. The van der Waals surface area contributed by atoms with Crippen LogP contribution in [0.4, 0.5) is 0 Å². The number of piperidine rings is 1. The highest BCUT2D eigenvalue weighted by Gasteiger charge is 2.44. The molecule has 0 atom stereocenters. The van der Waals surface area contributed by atoms with E-state index >= 15 is 0 Å². The van der Waals surface area contributed by atoms with Crippen LogP contribution in [0.3, 0.4) is 0 Å². The summed E-state index contributed by atoms with van der Waals surface area (Å²) in [4.78, 5) is 28.2. The maximum absolute atomic E-state index is 12.5. The van der Waals surface area contributed by atoms with Crippen molar-refractivity contribution < 1.29 is 9.59 Å². The van der Waals surface area contributed by atoms with Gasteiger partial charge in [0.05, 0.1) is 0 Å². The Morgan fingerprint density at radius 3 is 2.50 bits per heavy atom. The Hall–Kier alpha value is -1.10. The quantitative estimate of drug-likeness (QED) is 0.719. The van der Waals surface area contributed by atoms with Gasteiger partial charge < -0.3 is 15.1 Å². The lowest BCUT2D eigenvalue weighted by Gasteiger charge is -2.46. The molecular formula is C13H23N3O2. The van der Waals surface area contributed by atoms with E-state index in [1.165, 1.54) is 0 Å². The molecule has 102 valence electrons. The van der Waals surface area contributed by atoms with Gasteiger partial charge in [0.2, 0.25) is 11.8 Å². The fraction of sp³-hybridized carbons (Fsp3) is 0.846. The van der Waals surface area contributed by atoms with Crippen LogP contribution in [-0.2, 0) is 9.59 Å². The van der Waals surface area contributed by atoms with Crippen LogP contribution in [0, 0.1) is 5.92 Å². The van der Waals surface area contributed by atoms with E-state index in [0.29, 0.717) is 13.1 Å². The lowest BCUT2D eigenvalue weighted by Crippen LogP contribution is -2.64. The van der Waals surface area contributed by atoms with Gasteiger partial charge >= 0.3 is 0 Å². The van der Waals surface area contributed by atoms with Crippen LogP contribution in [0.2, 0.25) is 0 Å². The summed E-state index contributed by atoms with van der Waals surface area (Å²) in [5.74, 6) is 0.278. The molecule has 0 aromatic carbocycles. The first-order valence-electron chi connectivity index (χ1n) is 6.72. The molecule has 2 aliphatic heterocycles. The van der Waals surface area contributed by atoms with E-state index in [0.717, 1.165) is 25.9 Å². The standard InChI is InChI=1S/C13H23N3O2/c1-13(2)12(18)15(3)8-9-16(13)11(17)10-4-6-14-7-5-10/h10,14H,4-9H2,1-3H3. The zero-order chi connectivity index (χ0) is 13.3. The molecule has 2 amide bonds. The number of rotatable bonds is 1. The summed E-state index contributed by atoms with van der Waals surface area (Å²) >= 11 is 0. The number of piperazine rings is 1. The maximum Gasteiger partial charge on any atom is 0.247 e. The number of likely N-dealkylation sites (N-methyl/N-ethyl adjacent to an activating group) is 1. The molecule has 2 heterocycles. The van der Waals surface area contributed by atoms with Gasteiger partial charge in [-0.1, -0.05) is 0 Å². The lowest BCUT2D eigenvalue weighted by molar-refractivity contribution is -0.159. The van der Waals surface area contributed by atoms with Gasteiger partial charge in [-0.2, -0.15) is 0 Å². The topological polar surface area (TPSA) is 52.6 Å². The molecule has 0 bridgehead atoms. The summed E-state index contributed by atoms with van der Waals surface area (Å²) in [6.45, 7) is 6.79. The van der Waals surface area contributed by atoms with Gasteiger partial charge in [-0.3, -0.25) is 9.59 Å². The fourth-order valence-corrected chi connectivity index (χ4v) is 2.89. The molecule has 0 unspecified atom stereocenters. The van der Waals surface area contributed by atoms with Gasteiger partial charge in [-0.05, 0) is 39.8 Å². The first-order valence-corrected chi connectivity index (χ1v) is 6.72. The average Bonchev–Trinajstić information content (AvgIpc) is 2.36. The van der Waals surface area contributed by atoms with Crippen LogP contribution in [0.5, 0.6) is 0 Å². The Morgan fingerprint density at radius 1 is 1.28 bits per heavy atom. The number of hydrogen-bond donors (Lipinski definition) is 1. The fourth-order valence-electron chi connectivity index (χ4n) is 2.89. The summed E-state index contributed by atoms with van der Waals surface area (Å²) in [7, 11) is 1.80.